The highest BCUT2D eigenvalue weighted by Gasteiger charge is 2.39. The first-order valence-electron chi connectivity index (χ1n) is 5.20. The van der Waals surface area contributed by atoms with Crippen molar-refractivity contribution in [2.75, 3.05) is 0 Å². The molecule has 5 heteroatoms. The summed E-state index contributed by atoms with van der Waals surface area (Å²) in [5.41, 5.74) is 0. The van der Waals surface area contributed by atoms with E-state index in [9.17, 15) is 9.59 Å². The summed E-state index contributed by atoms with van der Waals surface area (Å²) in [5.74, 6) is -0.129. The molecule has 0 unspecified atom stereocenters. The summed E-state index contributed by atoms with van der Waals surface area (Å²) in [6, 6.07) is 2.98. The average Bonchev–Trinajstić information content (AvgIpc) is 2.61. The fraction of sp³-hybridized carbons (Fsp3) is 0.778. The molecule has 0 aliphatic carbocycles. The molecule has 2 fully saturated rings. The second-order valence-corrected chi connectivity index (χ2v) is 9.77. The van der Waals surface area contributed by atoms with Crippen molar-refractivity contribution >= 4 is 20.0 Å². The van der Waals surface area contributed by atoms with Gasteiger partial charge in [-0.25, -0.2) is 4.79 Å². The number of nitrogens with one attached hydrogen (secondary N) is 2. The molecule has 3 amide bonds. The quantitative estimate of drug-likeness (QED) is 0.531. The molecule has 0 aromatic heterocycles. The van der Waals surface area contributed by atoms with Gasteiger partial charge in [-0.2, -0.15) is 0 Å². The van der Waals surface area contributed by atoms with E-state index in [2.05, 4.69) is 17.2 Å². The van der Waals surface area contributed by atoms with Gasteiger partial charge in [0, 0.05) is 0 Å². The molecular formula is C9H16N2O2Si. The molecule has 0 spiro atoms. The Bertz CT molecular complexity index is 274. The Hall–Kier alpha value is -0.843. The third kappa shape index (κ3) is 1.82. The zero-order valence-electron chi connectivity index (χ0n) is 8.43. The first-order valence-corrected chi connectivity index (χ1v) is 8.33. The minimum absolute atomic E-state index is 0.129. The molecule has 1 atom stereocenters. The molecule has 4 nitrogen and oxygen atoms in total. The molecule has 0 aromatic carbocycles. The second kappa shape index (κ2) is 3.38. The van der Waals surface area contributed by atoms with Crippen molar-refractivity contribution < 1.29 is 9.59 Å². The zero-order chi connectivity index (χ0) is 10.2. The fourth-order valence-electron chi connectivity index (χ4n) is 2.53. The third-order valence-corrected chi connectivity index (χ3v) is 7.88. The van der Waals surface area contributed by atoms with Gasteiger partial charge >= 0.3 is 6.03 Å². The highest BCUT2D eigenvalue weighted by molar-refractivity contribution is 6.79. The van der Waals surface area contributed by atoms with Gasteiger partial charge in [0.1, 0.15) is 6.04 Å². The predicted molar refractivity (Wildman–Crippen MR) is 55.7 cm³/mol. The van der Waals surface area contributed by atoms with E-state index >= 15 is 0 Å². The monoisotopic (exact) mass is 212 g/mol. The number of carbonyl (C=O) groups excluding carboxylic acids is 2. The van der Waals surface area contributed by atoms with Gasteiger partial charge < -0.3 is 5.32 Å². The molecule has 0 saturated carbocycles. The van der Waals surface area contributed by atoms with Gasteiger partial charge in [-0.1, -0.05) is 31.5 Å². The van der Waals surface area contributed by atoms with Crippen molar-refractivity contribution in [3.05, 3.63) is 0 Å². The Labute approximate surface area is 84.5 Å². The van der Waals surface area contributed by atoms with Crippen LogP contribution in [0.3, 0.4) is 0 Å². The number of hydrogen-bond donors (Lipinski definition) is 2. The van der Waals surface area contributed by atoms with Crippen LogP contribution in [0, 0.1) is 0 Å². The van der Waals surface area contributed by atoms with E-state index in [1.54, 1.807) is 0 Å². The van der Waals surface area contributed by atoms with Crippen molar-refractivity contribution in [3.8, 4) is 0 Å². The van der Waals surface area contributed by atoms with Crippen molar-refractivity contribution in [1.82, 2.24) is 10.6 Å². The van der Waals surface area contributed by atoms with Gasteiger partial charge in [-0.05, 0) is 6.04 Å². The lowest BCUT2D eigenvalue weighted by atomic mass is 10.3. The van der Waals surface area contributed by atoms with Crippen LogP contribution in [0.5, 0.6) is 0 Å². The Morgan fingerprint density at radius 1 is 1.36 bits per heavy atom. The Morgan fingerprint density at radius 3 is 2.50 bits per heavy atom. The van der Waals surface area contributed by atoms with Crippen LogP contribution in [0.25, 0.3) is 0 Å². The number of urea groups is 1. The first kappa shape index (κ1) is 9.70. The molecule has 2 aliphatic heterocycles. The maximum Gasteiger partial charge on any atom is 0.322 e. The van der Waals surface area contributed by atoms with Crippen LogP contribution >= 0.6 is 0 Å². The lowest BCUT2D eigenvalue weighted by Crippen LogP contribution is -2.39. The SMILES string of the molecule is C[Si]1(C[C@H]2NC(=O)NC2=O)CCCC1. The molecule has 78 valence electrons. The molecule has 14 heavy (non-hydrogen) atoms. The minimum Gasteiger partial charge on any atom is -0.326 e. The van der Waals surface area contributed by atoms with Gasteiger partial charge in [-0.3, -0.25) is 10.1 Å². The molecule has 2 aliphatic rings. The van der Waals surface area contributed by atoms with Gasteiger partial charge in [0.05, 0.1) is 8.07 Å². The van der Waals surface area contributed by atoms with E-state index in [0.717, 1.165) is 6.04 Å². The summed E-state index contributed by atoms with van der Waals surface area (Å²) in [6.07, 6.45) is 2.62. The number of carbonyl (C=O) groups is 2. The topological polar surface area (TPSA) is 58.2 Å². The van der Waals surface area contributed by atoms with Crippen molar-refractivity contribution in [2.24, 2.45) is 0 Å². The molecule has 2 rings (SSSR count). The summed E-state index contributed by atoms with van der Waals surface area (Å²) in [4.78, 5) is 22.3. The van der Waals surface area contributed by atoms with E-state index < -0.39 is 8.07 Å². The van der Waals surface area contributed by atoms with Crippen LogP contribution < -0.4 is 10.6 Å². The summed E-state index contributed by atoms with van der Waals surface area (Å²) in [5, 5.41) is 4.98. The van der Waals surface area contributed by atoms with Crippen molar-refractivity contribution in [3.63, 3.8) is 0 Å². The maximum absolute atomic E-state index is 11.3. The van der Waals surface area contributed by atoms with E-state index in [0.29, 0.717) is 0 Å². The summed E-state index contributed by atoms with van der Waals surface area (Å²) in [7, 11) is -1.20. The number of imide groups is 1. The molecule has 0 bridgehead atoms. The van der Waals surface area contributed by atoms with Crippen molar-refractivity contribution in [1.29, 1.82) is 0 Å². The predicted octanol–water partition coefficient (Wildman–Crippen LogP) is 1.07. The molecule has 2 heterocycles. The standard InChI is InChI=1S/C9H16N2O2Si/c1-14(4-2-3-5-14)6-7-8(12)11-9(13)10-7/h7H,2-6H2,1H3,(H2,10,11,12,13)/t7-/m1/s1. The smallest absolute Gasteiger partial charge is 0.322 e. The van der Waals surface area contributed by atoms with Crippen LogP contribution in [-0.4, -0.2) is 26.1 Å². The van der Waals surface area contributed by atoms with Gasteiger partial charge in [0.2, 0.25) is 5.91 Å². The normalized spacial score (nSPS) is 30.2. The van der Waals surface area contributed by atoms with Crippen molar-refractivity contribution in [2.45, 2.75) is 43.6 Å². The van der Waals surface area contributed by atoms with Gasteiger partial charge in [0.15, 0.2) is 0 Å². The molecular weight excluding hydrogens is 196 g/mol. The van der Waals surface area contributed by atoms with E-state index in [4.69, 9.17) is 0 Å². The van der Waals surface area contributed by atoms with Crippen LogP contribution in [0.2, 0.25) is 24.7 Å². The summed E-state index contributed by atoms with van der Waals surface area (Å²) < 4.78 is 0. The third-order valence-electron chi connectivity index (χ3n) is 3.37. The van der Waals surface area contributed by atoms with E-state index in [1.165, 1.54) is 24.9 Å². The maximum atomic E-state index is 11.3. The number of amides is 3. The van der Waals surface area contributed by atoms with E-state index in [1.807, 2.05) is 0 Å². The highest BCUT2D eigenvalue weighted by atomic mass is 28.3. The van der Waals surface area contributed by atoms with Crippen LogP contribution in [0.1, 0.15) is 12.8 Å². The summed E-state index contributed by atoms with van der Waals surface area (Å²) in [6.45, 7) is 2.34. The molecule has 0 radical (unpaired) electrons. The van der Waals surface area contributed by atoms with Crippen LogP contribution in [-0.2, 0) is 4.79 Å². The number of hydrogen-bond acceptors (Lipinski definition) is 2. The molecule has 2 saturated heterocycles. The zero-order valence-corrected chi connectivity index (χ0v) is 9.43. The van der Waals surface area contributed by atoms with Gasteiger partial charge in [-0.15, -0.1) is 0 Å². The van der Waals surface area contributed by atoms with Crippen LogP contribution in [0.15, 0.2) is 0 Å². The van der Waals surface area contributed by atoms with Gasteiger partial charge in [0.25, 0.3) is 0 Å². The van der Waals surface area contributed by atoms with E-state index in [-0.39, 0.29) is 18.0 Å². The van der Waals surface area contributed by atoms with Crippen LogP contribution in [0.4, 0.5) is 4.79 Å². The lowest BCUT2D eigenvalue weighted by molar-refractivity contribution is -0.119. The minimum atomic E-state index is -1.20. The molecule has 0 aromatic rings. The first-order chi connectivity index (χ1) is 6.59. The summed E-state index contributed by atoms with van der Waals surface area (Å²) >= 11 is 0. The second-order valence-electron chi connectivity index (χ2n) is 4.74. The highest BCUT2D eigenvalue weighted by Crippen LogP contribution is 2.34. The average molecular weight is 212 g/mol. The lowest BCUT2D eigenvalue weighted by Gasteiger charge is -2.23. The largest absolute Gasteiger partial charge is 0.326 e. The fourth-order valence-corrected chi connectivity index (χ4v) is 6.67. The number of rotatable bonds is 2. The molecule has 2 N–H and O–H groups in total. The Kier molecular flexibility index (Phi) is 2.34. The Balaban J connectivity index is 1.97. The Morgan fingerprint density at radius 2 is 2.00 bits per heavy atom.